The van der Waals surface area contributed by atoms with Crippen LogP contribution in [0.15, 0.2) is 9.32 Å². The molecule has 2 aromatic heterocycles. The van der Waals surface area contributed by atoms with E-state index >= 15 is 0 Å². The Hall–Kier alpha value is -2.51. The second-order valence-corrected chi connectivity index (χ2v) is 4.20. The molecular weight excluding hydrogens is 266 g/mol. The molecule has 0 bridgehead atoms. The van der Waals surface area contributed by atoms with Gasteiger partial charge in [0.25, 0.3) is 11.3 Å². The van der Waals surface area contributed by atoms with E-state index in [1.54, 1.807) is 13.8 Å². The van der Waals surface area contributed by atoms with Gasteiger partial charge in [0.1, 0.15) is 11.2 Å². The molecule has 0 amide bonds. The molecule has 0 spiro atoms. The van der Waals surface area contributed by atoms with Crippen molar-refractivity contribution in [1.29, 1.82) is 0 Å². The third-order valence-corrected chi connectivity index (χ3v) is 2.61. The molecule has 8 nitrogen and oxygen atoms in total. The van der Waals surface area contributed by atoms with Crippen molar-refractivity contribution in [1.82, 2.24) is 14.7 Å². The monoisotopic (exact) mass is 279 g/mol. The number of nitrogens with zero attached hydrogens (tertiary/aromatic N) is 3. The lowest BCUT2D eigenvalue weighted by Gasteiger charge is -2.09. The molecule has 0 aromatic carbocycles. The van der Waals surface area contributed by atoms with Crippen molar-refractivity contribution in [2.75, 3.05) is 6.61 Å². The Morgan fingerprint density at radius 3 is 2.70 bits per heavy atom. The van der Waals surface area contributed by atoms with Gasteiger partial charge in [-0.1, -0.05) is 5.16 Å². The van der Waals surface area contributed by atoms with Crippen molar-refractivity contribution in [3.8, 4) is 0 Å². The number of ether oxygens (including phenoxy) is 1. The average molecular weight is 279 g/mol. The van der Waals surface area contributed by atoms with Gasteiger partial charge in [0.15, 0.2) is 0 Å². The van der Waals surface area contributed by atoms with Gasteiger partial charge in [0.2, 0.25) is 5.82 Å². The summed E-state index contributed by atoms with van der Waals surface area (Å²) >= 11 is 0. The fraction of sp³-hybridized carbons (Fsp3) is 0.417. The number of ketones is 1. The Kier molecular flexibility index (Phi) is 3.64. The molecule has 0 atom stereocenters. The summed E-state index contributed by atoms with van der Waals surface area (Å²) in [6, 6.07) is 0. The standard InChI is InChI=1S/C12H13N3O5/c1-4-19-12(18)9-13-10-8(7(3)14-20-10)11(17)15(9)5-6(2)16/h4-5H2,1-3H3. The summed E-state index contributed by atoms with van der Waals surface area (Å²) in [5.74, 6) is -1.34. The van der Waals surface area contributed by atoms with Gasteiger partial charge < -0.3 is 9.26 Å². The number of hydrogen-bond acceptors (Lipinski definition) is 7. The van der Waals surface area contributed by atoms with E-state index in [9.17, 15) is 14.4 Å². The van der Waals surface area contributed by atoms with Gasteiger partial charge in [-0.05, 0) is 20.8 Å². The molecule has 0 saturated carbocycles. The molecule has 20 heavy (non-hydrogen) atoms. The average Bonchev–Trinajstić information content (AvgIpc) is 2.74. The number of aryl methyl sites for hydroxylation is 1. The molecular formula is C12H13N3O5. The maximum atomic E-state index is 12.3. The Morgan fingerprint density at radius 2 is 2.10 bits per heavy atom. The summed E-state index contributed by atoms with van der Waals surface area (Å²) < 4.78 is 10.7. The highest BCUT2D eigenvalue weighted by Crippen LogP contribution is 2.12. The van der Waals surface area contributed by atoms with Gasteiger partial charge in [0.05, 0.1) is 18.8 Å². The van der Waals surface area contributed by atoms with Crippen LogP contribution in [0, 0.1) is 6.92 Å². The van der Waals surface area contributed by atoms with Crippen LogP contribution in [0.3, 0.4) is 0 Å². The van der Waals surface area contributed by atoms with Crippen LogP contribution in [-0.2, 0) is 16.1 Å². The van der Waals surface area contributed by atoms with Gasteiger partial charge in [-0.25, -0.2) is 4.79 Å². The first-order valence-electron chi connectivity index (χ1n) is 5.99. The Balaban J connectivity index is 2.74. The fourth-order valence-electron chi connectivity index (χ4n) is 1.79. The van der Waals surface area contributed by atoms with Crippen molar-refractivity contribution in [3.05, 3.63) is 21.9 Å². The lowest BCUT2D eigenvalue weighted by molar-refractivity contribution is -0.117. The van der Waals surface area contributed by atoms with E-state index in [0.29, 0.717) is 5.69 Å². The molecule has 2 heterocycles. The smallest absolute Gasteiger partial charge is 0.374 e. The van der Waals surface area contributed by atoms with E-state index in [1.165, 1.54) is 6.92 Å². The highest BCUT2D eigenvalue weighted by molar-refractivity contribution is 5.89. The van der Waals surface area contributed by atoms with Crippen molar-refractivity contribution in [3.63, 3.8) is 0 Å². The number of carbonyl (C=O) groups excluding carboxylic acids is 2. The van der Waals surface area contributed by atoms with E-state index in [4.69, 9.17) is 9.26 Å². The Bertz CT molecular complexity index is 743. The predicted molar refractivity (Wildman–Crippen MR) is 67.4 cm³/mol. The van der Waals surface area contributed by atoms with Crippen LogP contribution in [0.25, 0.3) is 11.1 Å². The van der Waals surface area contributed by atoms with E-state index in [2.05, 4.69) is 10.1 Å². The molecule has 0 saturated heterocycles. The second kappa shape index (κ2) is 5.24. The van der Waals surface area contributed by atoms with E-state index in [-0.39, 0.29) is 35.9 Å². The molecule has 0 radical (unpaired) electrons. The van der Waals surface area contributed by atoms with Gasteiger partial charge in [-0.3, -0.25) is 14.2 Å². The number of Topliss-reactive ketones (excluding diaryl/α,β-unsaturated/α-hetero) is 1. The lowest BCUT2D eigenvalue weighted by atomic mass is 10.3. The minimum atomic E-state index is -0.790. The Morgan fingerprint density at radius 1 is 1.40 bits per heavy atom. The van der Waals surface area contributed by atoms with Crippen LogP contribution in [0.5, 0.6) is 0 Å². The number of esters is 1. The predicted octanol–water partition coefficient (Wildman–Crippen LogP) is 0.459. The SMILES string of the molecule is CCOC(=O)c1nc2onc(C)c2c(=O)n1CC(C)=O. The molecule has 0 fully saturated rings. The van der Waals surface area contributed by atoms with Gasteiger partial charge in [0, 0.05) is 0 Å². The second-order valence-electron chi connectivity index (χ2n) is 4.20. The van der Waals surface area contributed by atoms with Gasteiger partial charge in [-0.2, -0.15) is 4.98 Å². The van der Waals surface area contributed by atoms with Crippen LogP contribution >= 0.6 is 0 Å². The maximum Gasteiger partial charge on any atom is 0.374 e. The topological polar surface area (TPSA) is 104 Å². The fourth-order valence-corrected chi connectivity index (χ4v) is 1.79. The summed E-state index contributed by atoms with van der Waals surface area (Å²) in [5.41, 5.74) is -0.243. The zero-order chi connectivity index (χ0) is 14.9. The highest BCUT2D eigenvalue weighted by atomic mass is 16.5. The largest absolute Gasteiger partial charge is 0.460 e. The van der Waals surface area contributed by atoms with E-state index in [0.717, 1.165) is 4.57 Å². The summed E-state index contributed by atoms with van der Waals surface area (Å²) in [5, 5.41) is 3.79. The quantitative estimate of drug-likeness (QED) is 0.748. The van der Waals surface area contributed by atoms with Crippen molar-refractivity contribution in [2.24, 2.45) is 0 Å². The molecule has 2 rings (SSSR count). The first-order chi connectivity index (χ1) is 9.45. The number of hydrogen-bond donors (Lipinski definition) is 0. The van der Waals surface area contributed by atoms with Crippen LogP contribution in [0.2, 0.25) is 0 Å². The van der Waals surface area contributed by atoms with Crippen LogP contribution < -0.4 is 5.56 Å². The molecule has 8 heteroatoms. The number of fused-ring (bicyclic) bond motifs is 1. The molecule has 0 aliphatic heterocycles. The lowest BCUT2D eigenvalue weighted by Crippen LogP contribution is -2.30. The molecule has 106 valence electrons. The molecule has 2 aromatic rings. The summed E-state index contributed by atoms with van der Waals surface area (Å²) in [6.45, 7) is 4.38. The minimum absolute atomic E-state index is 0.0460. The molecule has 0 N–H and O–H groups in total. The Labute approximate surface area is 113 Å². The van der Waals surface area contributed by atoms with Crippen LogP contribution in [0.1, 0.15) is 30.2 Å². The molecule has 0 aliphatic carbocycles. The minimum Gasteiger partial charge on any atom is -0.460 e. The summed E-state index contributed by atoms with van der Waals surface area (Å²) in [7, 11) is 0. The first-order valence-corrected chi connectivity index (χ1v) is 5.99. The zero-order valence-corrected chi connectivity index (χ0v) is 11.3. The van der Waals surface area contributed by atoms with Crippen molar-refractivity contribution in [2.45, 2.75) is 27.3 Å². The van der Waals surface area contributed by atoms with Crippen LogP contribution in [0.4, 0.5) is 0 Å². The maximum absolute atomic E-state index is 12.3. The van der Waals surface area contributed by atoms with Crippen molar-refractivity contribution < 1.29 is 18.8 Å². The number of carbonyl (C=O) groups is 2. The van der Waals surface area contributed by atoms with Crippen molar-refractivity contribution >= 4 is 22.9 Å². The zero-order valence-electron chi connectivity index (χ0n) is 11.3. The third-order valence-electron chi connectivity index (χ3n) is 2.61. The molecule has 0 aliphatic rings. The summed E-state index contributed by atoms with van der Waals surface area (Å²) in [4.78, 5) is 39.4. The highest BCUT2D eigenvalue weighted by Gasteiger charge is 2.22. The first kappa shape index (κ1) is 13.9. The normalized spacial score (nSPS) is 10.8. The number of rotatable bonds is 4. The van der Waals surface area contributed by atoms with E-state index in [1.807, 2.05) is 0 Å². The van der Waals surface area contributed by atoms with Crippen LogP contribution in [-0.4, -0.2) is 33.1 Å². The van der Waals surface area contributed by atoms with Gasteiger partial charge >= 0.3 is 5.97 Å². The number of aromatic nitrogens is 3. The molecule has 0 unspecified atom stereocenters. The summed E-state index contributed by atoms with van der Waals surface area (Å²) in [6.07, 6.45) is 0. The third kappa shape index (κ3) is 2.31. The van der Waals surface area contributed by atoms with E-state index < -0.39 is 11.5 Å². The van der Waals surface area contributed by atoms with Gasteiger partial charge in [-0.15, -0.1) is 0 Å².